The van der Waals surface area contributed by atoms with E-state index in [-0.39, 0.29) is 68.6 Å². The Morgan fingerprint density at radius 1 is 0.841 bits per heavy atom. The zero-order valence-corrected chi connectivity index (χ0v) is 49.2. The van der Waals surface area contributed by atoms with Crippen molar-refractivity contribution in [2.24, 2.45) is 16.5 Å². The maximum absolute atomic E-state index is 14.0. The van der Waals surface area contributed by atoms with Crippen molar-refractivity contribution in [3.8, 4) is 5.75 Å². The Bertz CT molecular complexity index is 3980. The van der Waals surface area contributed by atoms with Crippen molar-refractivity contribution in [3.63, 3.8) is 0 Å². The highest BCUT2D eigenvalue weighted by molar-refractivity contribution is 6.13. The molecule has 2 aliphatic heterocycles. The number of benzene rings is 2. The molecule has 7 aromatic rings. The fraction of sp³-hybridized carbons (Fsp3) is 0.322. The summed E-state index contributed by atoms with van der Waals surface area (Å²) in [7, 11) is 1.56. The van der Waals surface area contributed by atoms with Gasteiger partial charge in [-0.15, -0.1) is 0 Å². The first-order chi connectivity index (χ1) is 42.2. The molecule has 0 aliphatic carbocycles. The maximum atomic E-state index is 14.0. The molecule has 9 N–H and O–H groups in total. The van der Waals surface area contributed by atoms with Gasteiger partial charge in [-0.05, 0) is 89.1 Å². The number of anilines is 3. The molecule has 2 aliphatic rings. The molecule has 29 heteroatoms. The van der Waals surface area contributed by atoms with Crippen LogP contribution in [0.25, 0.3) is 22.1 Å². The molecule has 458 valence electrons. The van der Waals surface area contributed by atoms with E-state index in [1.54, 1.807) is 65.8 Å². The number of aryl methyl sites for hydroxylation is 4. The number of carbonyl (C=O) groups is 9. The van der Waals surface area contributed by atoms with Crippen molar-refractivity contribution in [2.75, 3.05) is 49.2 Å². The highest BCUT2D eigenvalue weighted by atomic mass is 16.6. The van der Waals surface area contributed by atoms with E-state index < -0.39 is 72.1 Å². The standard InChI is InChI=1S/C59H66N18O11/c1-7-76-43(24-33(3)70-76)53-63-30-41-40-26-38(52(61)83)29-64-54(40)75(55(41)68-53)21-10-9-20-74-50-42(67-58(74)69-57(85)44-25-34(4)71-77(44)8-2)27-37(51(60)82)28-45(50)87-23-11-19-72(6)59(86)88-32-36-12-14-39(15-13-36)66-56(84)35(5)65-47(79)31-62-46(78)18-22-73-48(80)16-17-49(73)81/h9-10,12-17,24-30,35,53,68H,7-8,11,18-23,31-32H2,1-6H3,(H2,60,82)(H2,61,83)(H,62,78)(H,65,79)(H,66,84)(H,67,69,85)/b10-9+/t35-,53?/m0/s1. The third-order valence-corrected chi connectivity index (χ3v) is 14.3. The minimum absolute atomic E-state index is 0.0518. The molecule has 88 heavy (non-hydrogen) atoms. The number of aliphatic imine (C=N–C) groups is 1. The maximum Gasteiger partial charge on any atom is 0.409 e. The number of primary amides is 2. The van der Waals surface area contributed by atoms with Crippen LogP contribution in [0.15, 0.2) is 90.1 Å². The molecular formula is C59H66N18O11. The summed E-state index contributed by atoms with van der Waals surface area (Å²) in [6, 6.07) is 13.9. The summed E-state index contributed by atoms with van der Waals surface area (Å²) in [6.45, 7) is 10.1. The average Bonchev–Trinajstić information content (AvgIpc) is 1.68. The summed E-state index contributed by atoms with van der Waals surface area (Å²) in [5.74, 6) is -3.56. The van der Waals surface area contributed by atoms with Crippen LogP contribution in [0, 0.1) is 13.8 Å². The summed E-state index contributed by atoms with van der Waals surface area (Å²) in [5.41, 5.74) is 17.5. The molecule has 0 saturated carbocycles. The number of nitrogens with one attached hydrogen (secondary N) is 5. The Morgan fingerprint density at radius 2 is 1.53 bits per heavy atom. The topological polar surface area (TPSA) is 374 Å². The van der Waals surface area contributed by atoms with E-state index in [0.717, 1.165) is 34.0 Å². The number of imidazole rings is 1. The molecule has 0 saturated heterocycles. The number of hydrogen-bond donors (Lipinski definition) is 7. The van der Waals surface area contributed by atoms with Crippen molar-refractivity contribution in [2.45, 2.75) is 92.5 Å². The van der Waals surface area contributed by atoms with E-state index in [0.29, 0.717) is 70.0 Å². The number of amides is 9. The summed E-state index contributed by atoms with van der Waals surface area (Å²) in [5, 5.41) is 23.8. The van der Waals surface area contributed by atoms with Gasteiger partial charge in [0.15, 0.2) is 6.17 Å². The molecule has 0 bridgehead atoms. The van der Waals surface area contributed by atoms with Gasteiger partial charge < -0.3 is 56.2 Å². The minimum Gasteiger partial charge on any atom is -0.491 e. The van der Waals surface area contributed by atoms with Crippen LogP contribution in [0.3, 0.4) is 0 Å². The van der Waals surface area contributed by atoms with Crippen molar-refractivity contribution in [1.29, 1.82) is 0 Å². The van der Waals surface area contributed by atoms with E-state index >= 15 is 0 Å². The normalized spacial score (nSPS) is 13.8. The molecule has 5 aromatic heterocycles. The molecular weight excluding hydrogens is 1140 g/mol. The predicted octanol–water partition coefficient (Wildman–Crippen LogP) is 3.60. The Kier molecular flexibility index (Phi) is 18.8. The number of fused-ring (bicyclic) bond motifs is 4. The monoisotopic (exact) mass is 1200 g/mol. The quantitative estimate of drug-likeness (QED) is 0.0231. The lowest BCUT2D eigenvalue weighted by atomic mass is 10.1. The fourth-order valence-corrected chi connectivity index (χ4v) is 9.86. The highest BCUT2D eigenvalue weighted by Gasteiger charge is 2.28. The Labute approximate surface area is 503 Å². The number of imide groups is 1. The number of nitrogens with zero attached hydrogens (tertiary/aromatic N) is 11. The third kappa shape index (κ3) is 14.0. The van der Waals surface area contributed by atoms with Crippen LogP contribution in [0.4, 0.5) is 22.2 Å². The first kappa shape index (κ1) is 61.6. The summed E-state index contributed by atoms with van der Waals surface area (Å²) >= 11 is 0. The van der Waals surface area contributed by atoms with Crippen LogP contribution in [-0.2, 0) is 61.5 Å². The van der Waals surface area contributed by atoms with Gasteiger partial charge in [-0.3, -0.25) is 62.9 Å². The highest BCUT2D eigenvalue weighted by Crippen LogP contribution is 2.36. The van der Waals surface area contributed by atoms with Crippen LogP contribution in [0.5, 0.6) is 5.75 Å². The van der Waals surface area contributed by atoms with Gasteiger partial charge >= 0.3 is 6.09 Å². The van der Waals surface area contributed by atoms with E-state index in [2.05, 4.69) is 41.8 Å². The van der Waals surface area contributed by atoms with Gasteiger partial charge in [0.1, 0.15) is 41.1 Å². The van der Waals surface area contributed by atoms with Crippen molar-refractivity contribution in [1.82, 2.24) is 59.1 Å². The van der Waals surface area contributed by atoms with Gasteiger partial charge in [-0.1, -0.05) is 24.3 Å². The van der Waals surface area contributed by atoms with Crippen LogP contribution in [0.2, 0.25) is 0 Å². The molecule has 1 unspecified atom stereocenters. The first-order valence-corrected chi connectivity index (χ1v) is 28.2. The van der Waals surface area contributed by atoms with Gasteiger partial charge in [-0.2, -0.15) is 10.2 Å². The molecule has 9 amide bonds. The Hall–Kier alpha value is -11.0. The molecule has 0 spiro atoms. The summed E-state index contributed by atoms with van der Waals surface area (Å²) < 4.78 is 19.1. The van der Waals surface area contributed by atoms with Crippen molar-refractivity contribution < 1.29 is 52.6 Å². The zero-order chi connectivity index (χ0) is 62.9. The van der Waals surface area contributed by atoms with E-state index in [1.165, 1.54) is 30.2 Å². The van der Waals surface area contributed by atoms with Crippen LogP contribution in [-0.4, -0.2) is 147 Å². The van der Waals surface area contributed by atoms with Crippen LogP contribution >= 0.6 is 0 Å². The number of nitrogens with two attached hydrogens (primary N) is 2. The molecule has 2 aromatic carbocycles. The van der Waals surface area contributed by atoms with E-state index in [9.17, 15) is 43.2 Å². The van der Waals surface area contributed by atoms with Gasteiger partial charge in [0.05, 0.1) is 41.3 Å². The van der Waals surface area contributed by atoms with Crippen molar-refractivity contribution >= 4 is 99.1 Å². The Balaban J connectivity index is 0.839. The smallest absolute Gasteiger partial charge is 0.409 e. The average molecular weight is 1200 g/mol. The Morgan fingerprint density at radius 3 is 2.24 bits per heavy atom. The first-order valence-electron chi connectivity index (χ1n) is 28.2. The number of pyridine rings is 1. The second kappa shape index (κ2) is 26.9. The third-order valence-electron chi connectivity index (χ3n) is 14.3. The van der Waals surface area contributed by atoms with Gasteiger partial charge in [-0.25, -0.2) is 14.8 Å². The lowest BCUT2D eigenvalue weighted by Crippen LogP contribution is -2.46. The number of allylic oxidation sites excluding steroid dienone is 2. The lowest BCUT2D eigenvalue weighted by molar-refractivity contribution is -0.137. The second-order valence-electron chi connectivity index (χ2n) is 20.7. The van der Waals surface area contributed by atoms with E-state index in [1.807, 2.05) is 48.2 Å². The molecule has 2 atom stereocenters. The summed E-state index contributed by atoms with van der Waals surface area (Å²) in [4.78, 5) is 130. The van der Waals surface area contributed by atoms with Crippen LogP contribution in [0.1, 0.15) is 99.2 Å². The number of ether oxygens (including phenoxy) is 2. The number of hydrogen-bond acceptors (Lipinski definition) is 17. The van der Waals surface area contributed by atoms with Gasteiger partial charge in [0, 0.05) is 99.5 Å². The minimum atomic E-state index is -0.983. The number of rotatable bonds is 26. The molecule has 0 fully saturated rings. The van der Waals surface area contributed by atoms with Gasteiger partial charge in [0.25, 0.3) is 17.7 Å². The van der Waals surface area contributed by atoms with E-state index in [4.69, 9.17) is 30.9 Å². The van der Waals surface area contributed by atoms with Gasteiger partial charge in [0.2, 0.25) is 35.5 Å². The molecule has 7 heterocycles. The number of aromatic nitrogens is 8. The fourth-order valence-electron chi connectivity index (χ4n) is 9.86. The van der Waals surface area contributed by atoms with Crippen molar-refractivity contribution in [3.05, 3.63) is 130 Å². The SMILES string of the molecule is CCn1nc(C)cc1C(=O)Nc1nc2cc(C(N)=O)cc(OCCCN(C)C(=O)OCc3ccc(NC(=O)[C@H](C)NC(=O)CNC(=O)CCN4C(=O)C=CC4=O)cc3)c2n1C/C=C/Cn1c2c(c3cc(C(N)=O)cnc31)C=NC(c1cc(C)nn1CC)N2. The second-order valence-corrected chi connectivity index (χ2v) is 20.7. The molecule has 0 radical (unpaired) electrons. The largest absolute Gasteiger partial charge is 0.491 e. The molecule has 9 rings (SSSR count). The summed E-state index contributed by atoms with van der Waals surface area (Å²) in [6.07, 6.45) is 8.21. The van der Waals surface area contributed by atoms with Crippen LogP contribution < -0.4 is 42.8 Å². The predicted molar refractivity (Wildman–Crippen MR) is 322 cm³/mol. The zero-order valence-electron chi connectivity index (χ0n) is 49.2. The number of carbonyl (C=O) groups excluding carboxylic acids is 9. The lowest BCUT2D eigenvalue weighted by Gasteiger charge is -2.22. The molecule has 29 nitrogen and oxygen atoms in total.